The summed E-state index contributed by atoms with van der Waals surface area (Å²) in [5.74, 6) is -0.271. The van der Waals surface area contributed by atoms with E-state index in [1.165, 1.54) is 0 Å². The SMILES string of the molecule is CCN1CCN(CN2C(=O)C(O)(CC(=O)c3ccc(C(C)C)cc3)c3ccccc32)CC1. The fraction of sp³-hybridized carbons (Fsp3) is 0.462. The Hall–Kier alpha value is -2.54. The number of hydrogen-bond acceptors (Lipinski definition) is 5. The van der Waals surface area contributed by atoms with Crippen LogP contribution in [-0.2, 0) is 10.4 Å². The second kappa shape index (κ2) is 9.14. The normalized spacial score (nSPS) is 21.9. The maximum Gasteiger partial charge on any atom is 0.265 e. The average molecular weight is 436 g/mol. The van der Waals surface area contributed by atoms with Crippen molar-refractivity contribution in [3.63, 3.8) is 0 Å². The molecular formula is C26H33N3O3. The zero-order valence-electron chi connectivity index (χ0n) is 19.3. The molecule has 6 heteroatoms. The monoisotopic (exact) mass is 435 g/mol. The van der Waals surface area contributed by atoms with Gasteiger partial charge in [-0.05, 0) is 24.1 Å². The fourth-order valence-corrected chi connectivity index (χ4v) is 4.65. The summed E-state index contributed by atoms with van der Waals surface area (Å²) in [6.07, 6.45) is -0.260. The second-order valence-corrected chi connectivity index (χ2v) is 9.18. The van der Waals surface area contributed by atoms with E-state index < -0.39 is 11.5 Å². The van der Waals surface area contributed by atoms with Crippen LogP contribution in [0.5, 0.6) is 0 Å². The van der Waals surface area contributed by atoms with E-state index in [-0.39, 0.29) is 12.2 Å². The summed E-state index contributed by atoms with van der Waals surface area (Å²) >= 11 is 0. The van der Waals surface area contributed by atoms with Crippen molar-refractivity contribution in [1.82, 2.24) is 9.80 Å². The van der Waals surface area contributed by atoms with Crippen molar-refractivity contribution in [2.24, 2.45) is 0 Å². The third-order valence-electron chi connectivity index (χ3n) is 6.81. The van der Waals surface area contributed by atoms with Crippen molar-refractivity contribution < 1.29 is 14.7 Å². The number of carbonyl (C=O) groups is 2. The van der Waals surface area contributed by atoms with Crippen LogP contribution in [0.15, 0.2) is 48.5 Å². The predicted octanol–water partition coefficient (Wildman–Crippen LogP) is 3.21. The lowest BCUT2D eigenvalue weighted by Gasteiger charge is -2.36. The quantitative estimate of drug-likeness (QED) is 0.677. The van der Waals surface area contributed by atoms with E-state index in [2.05, 4.69) is 30.6 Å². The number of piperazine rings is 1. The van der Waals surface area contributed by atoms with Gasteiger partial charge >= 0.3 is 0 Å². The molecule has 6 nitrogen and oxygen atoms in total. The van der Waals surface area contributed by atoms with E-state index in [0.29, 0.717) is 29.4 Å². The Morgan fingerprint density at radius 2 is 1.62 bits per heavy atom. The third kappa shape index (κ3) is 4.22. The van der Waals surface area contributed by atoms with Crippen LogP contribution in [0.3, 0.4) is 0 Å². The number of fused-ring (bicyclic) bond motifs is 1. The summed E-state index contributed by atoms with van der Waals surface area (Å²) in [5, 5.41) is 11.5. The molecule has 0 saturated carbocycles. The first-order valence-corrected chi connectivity index (χ1v) is 11.5. The van der Waals surface area contributed by atoms with Crippen LogP contribution in [0, 0.1) is 0 Å². The number of aliphatic hydroxyl groups is 1. The van der Waals surface area contributed by atoms with Crippen molar-refractivity contribution in [2.45, 2.75) is 38.7 Å². The number of ketones is 1. The molecule has 0 aromatic heterocycles. The van der Waals surface area contributed by atoms with Crippen LogP contribution in [0.1, 0.15) is 54.6 Å². The lowest BCUT2D eigenvalue weighted by molar-refractivity contribution is -0.136. The molecule has 1 fully saturated rings. The van der Waals surface area contributed by atoms with Crippen molar-refractivity contribution in [2.75, 3.05) is 44.3 Å². The predicted molar refractivity (Wildman–Crippen MR) is 126 cm³/mol. The number of Topliss-reactive ketones (excluding diaryl/α,β-unsaturated/α-hetero) is 1. The van der Waals surface area contributed by atoms with Crippen molar-refractivity contribution in [3.05, 3.63) is 65.2 Å². The first kappa shape index (κ1) is 22.6. The molecule has 0 aliphatic carbocycles. The van der Waals surface area contributed by atoms with Crippen molar-refractivity contribution in [3.8, 4) is 0 Å². The highest BCUT2D eigenvalue weighted by Gasteiger charge is 2.51. The standard InChI is InChI=1S/C26H33N3O3/c1-4-27-13-15-28(16-14-27)18-29-23-8-6-5-7-22(23)26(32,25(29)31)17-24(30)21-11-9-20(10-12-21)19(2)3/h5-12,19,32H,4,13-18H2,1-3H3. The number of benzene rings is 2. The molecular weight excluding hydrogens is 402 g/mol. The Morgan fingerprint density at radius 1 is 1.00 bits per heavy atom. The van der Waals surface area contributed by atoms with Gasteiger partial charge in [-0.2, -0.15) is 0 Å². The summed E-state index contributed by atoms with van der Waals surface area (Å²) in [6, 6.07) is 14.7. The minimum Gasteiger partial charge on any atom is -0.375 e. The van der Waals surface area contributed by atoms with Gasteiger partial charge in [0.1, 0.15) is 0 Å². The number of hydrogen-bond donors (Lipinski definition) is 1. The Balaban J connectivity index is 1.54. The van der Waals surface area contributed by atoms with Crippen LogP contribution >= 0.6 is 0 Å². The summed E-state index contributed by atoms with van der Waals surface area (Å²) in [6.45, 7) is 11.5. The van der Waals surface area contributed by atoms with Crippen LogP contribution < -0.4 is 4.90 Å². The van der Waals surface area contributed by atoms with E-state index in [4.69, 9.17) is 0 Å². The topological polar surface area (TPSA) is 64.1 Å². The van der Waals surface area contributed by atoms with Gasteiger partial charge < -0.3 is 10.0 Å². The maximum atomic E-state index is 13.5. The zero-order chi connectivity index (χ0) is 22.9. The number of rotatable bonds is 7. The molecule has 1 atom stereocenters. The molecule has 2 aliphatic heterocycles. The molecule has 0 radical (unpaired) electrons. The Bertz CT molecular complexity index is 980. The van der Waals surface area contributed by atoms with Gasteiger partial charge in [-0.15, -0.1) is 0 Å². The molecule has 0 spiro atoms. The molecule has 4 rings (SSSR count). The first-order valence-electron chi connectivity index (χ1n) is 11.5. The summed E-state index contributed by atoms with van der Waals surface area (Å²) in [4.78, 5) is 32.8. The number of para-hydroxylation sites is 1. The van der Waals surface area contributed by atoms with Gasteiger partial charge in [0.2, 0.25) is 0 Å². The first-order chi connectivity index (χ1) is 15.3. The lowest BCUT2D eigenvalue weighted by atomic mass is 9.87. The number of likely N-dealkylation sites (N-methyl/N-ethyl adjacent to an activating group) is 1. The van der Waals surface area contributed by atoms with Gasteiger partial charge in [0, 0.05) is 37.3 Å². The smallest absolute Gasteiger partial charge is 0.265 e. The van der Waals surface area contributed by atoms with Crippen molar-refractivity contribution in [1.29, 1.82) is 0 Å². The molecule has 32 heavy (non-hydrogen) atoms. The van der Waals surface area contributed by atoms with Crippen LogP contribution in [0.4, 0.5) is 5.69 Å². The van der Waals surface area contributed by atoms with Crippen LogP contribution in [0.2, 0.25) is 0 Å². The van der Waals surface area contributed by atoms with Gasteiger partial charge in [0.25, 0.3) is 5.91 Å². The third-order valence-corrected chi connectivity index (χ3v) is 6.81. The van der Waals surface area contributed by atoms with Gasteiger partial charge in [-0.3, -0.25) is 19.4 Å². The number of amides is 1. The maximum absolute atomic E-state index is 13.5. The van der Waals surface area contributed by atoms with Crippen LogP contribution in [0.25, 0.3) is 0 Å². The highest BCUT2D eigenvalue weighted by atomic mass is 16.3. The Labute approximate surface area is 190 Å². The van der Waals surface area contributed by atoms with E-state index in [0.717, 1.165) is 38.3 Å². The zero-order valence-corrected chi connectivity index (χ0v) is 19.3. The molecule has 2 aromatic rings. The molecule has 1 unspecified atom stereocenters. The molecule has 1 amide bonds. The van der Waals surface area contributed by atoms with Crippen molar-refractivity contribution >= 4 is 17.4 Å². The molecule has 2 aromatic carbocycles. The number of anilines is 1. The molecule has 0 bridgehead atoms. The minimum atomic E-state index is -1.84. The van der Waals surface area contributed by atoms with Gasteiger partial charge in [-0.1, -0.05) is 63.2 Å². The van der Waals surface area contributed by atoms with E-state index >= 15 is 0 Å². The summed E-state index contributed by atoms with van der Waals surface area (Å²) in [7, 11) is 0. The van der Waals surface area contributed by atoms with Gasteiger partial charge in [-0.25, -0.2) is 0 Å². The number of carbonyl (C=O) groups excluding carboxylic acids is 2. The minimum absolute atomic E-state index is 0.232. The van der Waals surface area contributed by atoms with Gasteiger partial charge in [0.05, 0.1) is 18.8 Å². The Morgan fingerprint density at radius 3 is 2.25 bits per heavy atom. The fourth-order valence-electron chi connectivity index (χ4n) is 4.65. The second-order valence-electron chi connectivity index (χ2n) is 9.18. The molecule has 2 aliphatic rings. The molecule has 1 saturated heterocycles. The molecule has 2 heterocycles. The highest BCUT2D eigenvalue weighted by Crippen LogP contribution is 2.43. The van der Waals surface area contributed by atoms with Crippen LogP contribution in [-0.4, -0.2) is 66.0 Å². The van der Waals surface area contributed by atoms with E-state index in [9.17, 15) is 14.7 Å². The van der Waals surface area contributed by atoms with E-state index in [1.54, 1.807) is 23.1 Å². The highest BCUT2D eigenvalue weighted by molar-refractivity contribution is 6.10. The summed E-state index contributed by atoms with van der Waals surface area (Å²) in [5.41, 5.74) is 1.04. The molecule has 1 N–H and O–H groups in total. The average Bonchev–Trinajstić information content (AvgIpc) is 3.01. The van der Waals surface area contributed by atoms with E-state index in [1.807, 2.05) is 30.3 Å². The molecule has 170 valence electrons. The summed E-state index contributed by atoms with van der Waals surface area (Å²) < 4.78 is 0. The largest absolute Gasteiger partial charge is 0.375 e. The Kier molecular flexibility index (Phi) is 6.47. The number of nitrogens with zero attached hydrogens (tertiary/aromatic N) is 3. The lowest BCUT2D eigenvalue weighted by Crippen LogP contribution is -2.52. The van der Waals surface area contributed by atoms with Gasteiger partial charge in [0.15, 0.2) is 11.4 Å².